The van der Waals surface area contributed by atoms with Crippen LogP contribution in [-0.2, 0) is 9.63 Å². The van der Waals surface area contributed by atoms with Gasteiger partial charge in [0, 0.05) is 29.7 Å². The number of hydrogen-bond donors (Lipinski definition) is 0. The molecule has 0 aliphatic rings. The second-order valence-corrected chi connectivity index (χ2v) is 4.96. The van der Waals surface area contributed by atoms with Gasteiger partial charge in [-0.15, -0.1) is 0 Å². The van der Waals surface area contributed by atoms with Crippen molar-refractivity contribution in [2.45, 2.75) is 19.8 Å². The summed E-state index contributed by atoms with van der Waals surface area (Å²) in [6.45, 7) is 1.84. The van der Waals surface area contributed by atoms with Crippen molar-refractivity contribution in [2.75, 3.05) is 0 Å². The van der Waals surface area contributed by atoms with Gasteiger partial charge in [0.05, 0.1) is 4.92 Å². The van der Waals surface area contributed by atoms with E-state index in [9.17, 15) is 19.3 Å². The Morgan fingerprint density at radius 1 is 1.12 bits per heavy atom. The first kappa shape index (κ1) is 17.3. The number of oxime groups is 1. The van der Waals surface area contributed by atoms with Gasteiger partial charge in [0.15, 0.2) is 0 Å². The average molecular weight is 330 g/mol. The first-order chi connectivity index (χ1) is 11.5. The molecule has 0 heterocycles. The Labute approximate surface area is 137 Å². The van der Waals surface area contributed by atoms with Crippen LogP contribution in [0.5, 0.6) is 0 Å². The van der Waals surface area contributed by atoms with Crippen LogP contribution in [0.1, 0.15) is 30.9 Å². The monoisotopic (exact) mass is 330 g/mol. The number of carbonyl (C=O) groups excluding carboxylic acids is 1. The first-order valence-electron chi connectivity index (χ1n) is 7.30. The van der Waals surface area contributed by atoms with Crippen molar-refractivity contribution < 1.29 is 18.9 Å². The molecule has 0 aliphatic carbocycles. The lowest BCUT2D eigenvalue weighted by Crippen LogP contribution is -2.07. The average Bonchev–Trinajstić information content (AvgIpc) is 2.57. The van der Waals surface area contributed by atoms with Crippen LogP contribution in [-0.4, -0.2) is 16.6 Å². The zero-order chi connectivity index (χ0) is 17.5. The molecule has 0 atom stereocenters. The molecular formula is C17H15FN2O4. The Hall–Kier alpha value is -3.09. The number of nitro groups is 1. The van der Waals surface area contributed by atoms with Crippen LogP contribution in [0.25, 0.3) is 0 Å². The van der Waals surface area contributed by atoms with Gasteiger partial charge >= 0.3 is 5.97 Å². The summed E-state index contributed by atoms with van der Waals surface area (Å²) in [4.78, 5) is 26.6. The summed E-state index contributed by atoms with van der Waals surface area (Å²) in [7, 11) is 0. The smallest absolute Gasteiger partial charge is 0.318 e. The SMILES string of the molecule is CCCC(=O)O/N=C(\c1ccc(F)cc1)c1ccc([N+](=O)[O-])cc1. The predicted molar refractivity (Wildman–Crippen MR) is 86.1 cm³/mol. The molecule has 0 saturated heterocycles. The van der Waals surface area contributed by atoms with Crippen LogP contribution < -0.4 is 0 Å². The second kappa shape index (κ2) is 7.96. The summed E-state index contributed by atoms with van der Waals surface area (Å²) in [6.07, 6.45) is 0.845. The van der Waals surface area contributed by atoms with Crippen molar-refractivity contribution in [1.82, 2.24) is 0 Å². The quantitative estimate of drug-likeness (QED) is 0.349. The summed E-state index contributed by atoms with van der Waals surface area (Å²) in [5.74, 6) is -0.899. The van der Waals surface area contributed by atoms with Gasteiger partial charge in [-0.2, -0.15) is 0 Å². The molecule has 6 nitrogen and oxygen atoms in total. The maximum Gasteiger partial charge on any atom is 0.335 e. The molecule has 124 valence electrons. The van der Waals surface area contributed by atoms with Gasteiger partial charge in [0.2, 0.25) is 0 Å². The molecule has 0 aromatic heterocycles. The van der Waals surface area contributed by atoms with Crippen LogP contribution >= 0.6 is 0 Å². The molecule has 0 unspecified atom stereocenters. The fraction of sp³-hybridized carbons (Fsp3) is 0.176. The zero-order valence-corrected chi connectivity index (χ0v) is 12.9. The fourth-order valence-electron chi connectivity index (χ4n) is 1.97. The van der Waals surface area contributed by atoms with E-state index in [2.05, 4.69) is 5.16 Å². The summed E-state index contributed by atoms with van der Waals surface area (Å²) < 4.78 is 13.1. The highest BCUT2D eigenvalue weighted by Crippen LogP contribution is 2.17. The number of rotatable bonds is 6. The minimum atomic E-state index is -0.514. The topological polar surface area (TPSA) is 81.8 Å². The lowest BCUT2D eigenvalue weighted by atomic mass is 10.0. The molecule has 2 rings (SSSR count). The van der Waals surface area contributed by atoms with Crippen molar-refractivity contribution in [3.8, 4) is 0 Å². The summed E-state index contributed by atoms with van der Waals surface area (Å²) >= 11 is 0. The van der Waals surface area contributed by atoms with Gasteiger partial charge in [-0.05, 0) is 42.8 Å². The van der Waals surface area contributed by atoms with Crippen LogP contribution in [0.15, 0.2) is 53.7 Å². The highest BCUT2D eigenvalue weighted by molar-refractivity contribution is 6.12. The van der Waals surface area contributed by atoms with Crippen LogP contribution in [0.3, 0.4) is 0 Å². The molecule has 0 spiro atoms. The highest BCUT2D eigenvalue weighted by atomic mass is 19.1. The van der Waals surface area contributed by atoms with E-state index in [1.165, 1.54) is 48.5 Å². The van der Waals surface area contributed by atoms with Gasteiger partial charge in [-0.1, -0.05) is 12.1 Å². The zero-order valence-electron chi connectivity index (χ0n) is 12.9. The number of hydrogen-bond acceptors (Lipinski definition) is 5. The van der Waals surface area contributed by atoms with Crippen molar-refractivity contribution in [3.63, 3.8) is 0 Å². The Kier molecular flexibility index (Phi) is 5.73. The summed E-state index contributed by atoms with van der Waals surface area (Å²) in [5, 5.41) is 14.6. The first-order valence-corrected chi connectivity index (χ1v) is 7.30. The van der Waals surface area contributed by atoms with E-state index in [0.717, 1.165) is 0 Å². The maximum absolute atomic E-state index is 13.1. The largest absolute Gasteiger partial charge is 0.335 e. The molecule has 0 aliphatic heterocycles. The van der Waals surface area contributed by atoms with E-state index in [1.54, 1.807) is 0 Å². The van der Waals surface area contributed by atoms with Gasteiger partial charge in [0.1, 0.15) is 11.5 Å². The molecule has 24 heavy (non-hydrogen) atoms. The number of carbonyl (C=O) groups is 1. The van der Waals surface area contributed by atoms with E-state index in [0.29, 0.717) is 17.5 Å². The van der Waals surface area contributed by atoms with E-state index < -0.39 is 16.7 Å². The maximum atomic E-state index is 13.1. The van der Waals surface area contributed by atoms with Gasteiger partial charge in [-0.3, -0.25) is 10.1 Å². The summed E-state index contributed by atoms with van der Waals surface area (Å²) in [5.41, 5.74) is 1.25. The lowest BCUT2D eigenvalue weighted by molar-refractivity contribution is -0.384. The predicted octanol–water partition coefficient (Wildman–Crippen LogP) is 3.83. The van der Waals surface area contributed by atoms with E-state index >= 15 is 0 Å². The van der Waals surface area contributed by atoms with Crippen LogP contribution in [0.4, 0.5) is 10.1 Å². The van der Waals surface area contributed by atoms with Gasteiger partial charge in [-0.25, -0.2) is 9.18 Å². The molecule has 0 fully saturated rings. The molecule has 7 heteroatoms. The second-order valence-electron chi connectivity index (χ2n) is 4.96. The van der Waals surface area contributed by atoms with Crippen molar-refractivity contribution in [1.29, 1.82) is 0 Å². The molecule has 0 N–H and O–H groups in total. The Morgan fingerprint density at radius 2 is 1.67 bits per heavy atom. The Morgan fingerprint density at radius 3 is 2.17 bits per heavy atom. The van der Waals surface area contributed by atoms with E-state index in [4.69, 9.17) is 4.84 Å². The van der Waals surface area contributed by atoms with Gasteiger partial charge < -0.3 is 4.84 Å². The molecule has 0 radical (unpaired) electrons. The van der Waals surface area contributed by atoms with Crippen molar-refractivity contribution >= 4 is 17.4 Å². The van der Waals surface area contributed by atoms with Gasteiger partial charge in [0.25, 0.3) is 5.69 Å². The number of benzene rings is 2. The van der Waals surface area contributed by atoms with Crippen molar-refractivity contribution in [3.05, 3.63) is 75.6 Å². The number of non-ortho nitro benzene ring substituents is 1. The van der Waals surface area contributed by atoms with Crippen LogP contribution in [0.2, 0.25) is 0 Å². The standard InChI is InChI=1S/C17H15FN2O4/c1-2-3-16(21)24-19-17(12-4-8-14(18)9-5-12)13-6-10-15(11-7-13)20(22)23/h4-11H,2-3H2,1H3/b19-17+. The Balaban J connectivity index is 2.38. The highest BCUT2D eigenvalue weighted by Gasteiger charge is 2.12. The third-order valence-corrected chi connectivity index (χ3v) is 3.16. The minimum Gasteiger partial charge on any atom is -0.318 e. The van der Waals surface area contributed by atoms with Crippen molar-refractivity contribution in [2.24, 2.45) is 5.16 Å². The fourth-order valence-corrected chi connectivity index (χ4v) is 1.97. The lowest BCUT2D eigenvalue weighted by Gasteiger charge is -2.07. The minimum absolute atomic E-state index is 0.0693. The molecule has 0 bridgehead atoms. The number of nitrogens with zero attached hydrogens (tertiary/aromatic N) is 2. The normalized spacial score (nSPS) is 11.2. The van der Waals surface area contributed by atoms with Crippen LogP contribution in [0, 0.1) is 15.9 Å². The molecule has 2 aromatic rings. The molecule has 0 saturated carbocycles. The summed E-state index contributed by atoms with van der Waals surface area (Å²) in [6, 6.07) is 11.1. The third-order valence-electron chi connectivity index (χ3n) is 3.16. The van der Waals surface area contributed by atoms with E-state index in [-0.39, 0.29) is 17.8 Å². The van der Waals surface area contributed by atoms with E-state index in [1.807, 2.05) is 6.92 Å². The third kappa shape index (κ3) is 4.45. The Bertz CT molecular complexity index is 755. The molecule has 2 aromatic carbocycles. The number of nitro benzene ring substituents is 1. The molecular weight excluding hydrogens is 315 g/mol. The number of halogens is 1. The molecule has 0 amide bonds.